The molecule has 0 radical (unpaired) electrons. The van der Waals surface area contributed by atoms with Crippen molar-refractivity contribution >= 4 is 46.4 Å². The van der Waals surface area contributed by atoms with Crippen LogP contribution in [-0.4, -0.2) is 45.3 Å². The number of ketones is 2. The number of nitro groups is 1. The molecule has 0 N–H and O–H groups in total. The summed E-state index contributed by atoms with van der Waals surface area (Å²) in [5.41, 5.74) is 1.57. The molecular weight excluding hydrogens is 546 g/mol. The van der Waals surface area contributed by atoms with E-state index in [0.29, 0.717) is 27.3 Å². The van der Waals surface area contributed by atoms with Gasteiger partial charge in [-0.15, -0.1) is 0 Å². The van der Waals surface area contributed by atoms with Gasteiger partial charge in [0, 0.05) is 40.1 Å². The number of rotatable bonds is 6. The highest BCUT2D eigenvalue weighted by Crippen LogP contribution is 2.47. The number of non-ortho nitro benzene ring substituents is 1. The van der Waals surface area contributed by atoms with Crippen LogP contribution in [0.2, 0.25) is 5.02 Å². The van der Waals surface area contributed by atoms with Crippen LogP contribution in [0.3, 0.4) is 0 Å². The number of hydrogen-bond donors (Lipinski definition) is 0. The number of imide groups is 1. The molecule has 204 valence electrons. The maximum absolute atomic E-state index is 14.0. The SMILES string of the molecule is Cc1cc([N+](=O)[O-])ccc1N1C(=O)[C@@H]2[C@@H](C1=O)[C@@H]1C=C(C(=O)c3ccccc3)C=CN1[C@@H]2C(=O)c1ccc(Cl)cc1. The lowest BCUT2D eigenvalue weighted by Gasteiger charge is -2.33. The molecule has 0 spiro atoms. The van der Waals surface area contributed by atoms with Gasteiger partial charge in [-0.25, -0.2) is 4.90 Å². The van der Waals surface area contributed by atoms with E-state index in [0.717, 1.165) is 4.90 Å². The van der Waals surface area contributed by atoms with Crippen LogP contribution in [0.15, 0.2) is 96.7 Å². The zero-order valence-electron chi connectivity index (χ0n) is 21.6. The van der Waals surface area contributed by atoms with Crippen molar-refractivity contribution < 1.29 is 24.1 Å². The Morgan fingerprint density at radius 3 is 2.24 bits per heavy atom. The molecule has 3 aliphatic heterocycles. The number of Topliss-reactive ketones (excluding diaryl/α,β-unsaturated/α-hetero) is 2. The zero-order chi connectivity index (χ0) is 29.0. The maximum Gasteiger partial charge on any atom is 0.269 e. The minimum atomic E-state index is -1.04. The Kier molecular flexibility index (Phi) is 6.38. The number of fused-ring (bicyclic) bond motifs is 3. The van der Waals surface area contributed by atoms with Crippen LogP contribution < -0.4 is 4.90 Å². The van der Waals surface area contributed by atoms with E-state index < -0.39 is 40.7 Å². The fraction of sp³-hybridized carbons (Fsp3) is 0.161. The minimum absolute atomic E-state index is 0.170. The smallest absolute Gasteiger partial charge is 0.269 e. The number of benzene rings is 3. The standard InChI is InChI=1S/C31H22ClN3O6/c1-17-15-22(35(40)41)11-12-23(17)34-30(38)25-24-16-20(28(36)18-5-3-2-4-6-18)13-14-33(24)27(26(25)31(34)39)29(37)19-7-9-21(32)10-8-19/h2-16,24-27H,1H3/t24-,25-,26+,27-/m0/s1. The molecule has 6 rings (SSSR count). The average molecular weight is 568 g/mol. The summed E-state index contributed by atoms with van der Waals surface area (Å²) in [5.74, 6) is -3.71. The minimum Gasteiger partial charge on any atom is -0.359 e. The molecular formula is C31H22ClN3O6. The molecule has 0 aliphatic carbocycles. The summed E-state index contributed by atoms with van der Waals surface area (Å²) in [5, 5.41) is 11.7. The lowest BCUT2D eigenvalue weighted by Crippen LogP contribution is -2.46. The Bertz CT molecular complexity index is 1700. The zero-order valence-corrected chi connectivity index (χ0v) is 22.4. The number of aryl methyl sites for hydroxylation is 1. The first-order valence-electron chi connectivity index (χ1n) is 12.9. The molecule has 41 heavy (non-hydrogen) atoms. The van der Waals surface area contributed by atoms with Crippen LogP contribution in [0.1, 0.15) is 26.3 Å². The van der Waals surface area contributed by atoms with Crippen LogP contribution in [0, 0.1) is 28.9 Å². The van der Waals surface area contributed by atoms with Gasteiger partial charge in [-0.05, 0) is 48.9 Å². The van der Waals surface area contributed by atoms with Crippen LogP contribution in [0.5, 0.6) is 0 Å². The third-order valence-electron chi connectivity index (χ3n) is 7.88. The van der Waals surface area contributed by atoms with Crippen molar-refractivity contribution in [3.63, 3.8) is 0 Å². The first-order valence-corrected chi connectivity index (χ1v) is 13.2. The van der Waals surface area contributed by atoms with Crippen LogP contribution in [0.25, 0.3) is 0 Å². The van der Waals surface area contributed by atoms with Gasteiger partial charge in [0.15, 0.2) is 11.6 Å². The molecule has 3 aliphatic rings. The second-order valence-electron chi connectivity index (χ2n) is 10.2. The fourth-order valence-corrected chi connectivity index (χ4v) is 6.11. The van der Waals surface area contributed by atoms with Gasteiger partial charge in [0.25, 0.3) is 5.69 Å². The molecule has 4 atom stereocenters. The van der Waals surface area contributed by atoms with E-state index in [4.69, 9.17) is 11.6 Å². The number of nitro benzene ring substituents is 1. The molecule has 2 amide bonds. The van der Waals surface area contributed by atoms with E-state index in [1.165, 1.54) is 18.2 Å². The number of amides is 2. The van der Waals surface area contributed by atoms with Gasteiger partial charge < -0.3 is 4.90 Å². The van der Waals surface area contributed by atoms with Gasteiger partial charge in [0.1, 0.15) is 6.04 Å². The average Bonchev–Trinajstić information content (AvgIpc) is 3.44. The topological polar surface area (TPSA) is 118 Å². The lowest BCUT2D eigenvalue weighted by atomic mass is 9.85. The van der Waals surface area contributed by atoms with E-state index in [1.807, 2.05) is 0 Å². The van der Waals surface area contributed by atoms with Crippen LogP contribution in [-0.2, 0) is 9.59 Å². The number of anilines is 1. The Hall–Kier alpha value is -4.89. The molecule has 3 heterocycles. The number of allylic oxidation sites excluding steroid dienone is 2. The summed E-state index contributed by atoms with van der Waals surface area (Å²) in [4.78, 5) is 68.6. The molecule has 10 heteroatoms. The molecule has 2 fully saturated rings. The first-order chi connectivity index (χ1) is 19.7. The summed E-state index contributed by atoms with van der Waals surface area (Å²) in [7, 11) is 0. The molecule has 9 nitrogen and oxygen atoms in total. The second-order valence-corrected chi connectivity index (χ2v) is 10.6. The first kappa shape index (κ1) is 26.3. The third-order valence-corrected chi connectivity index (χ3v) is 8.13. The molecule has 0 bridgehead atoms. The molecule has 0 aromatic heterocycles. The molecule has 0 saturated carbocycles. The number of hydrogen-bond acceptors (Lipinski definition) is 7. The van der Waals surface area contributed by atoms with Gasteiger partial charge in [-0.1, -0.05) is 48.0 Å². The van der Waals surface area contributed by atoms with E-state index in [1.54, 1.807) is 84.8 Å². The largest absolute Gasteiger partial charge is 0.359 e. The van der Waals surface area contributed by atoms with E-state index in [9.17, 15) is 29.3 Å². The van der Waals surface area contributed by atoms with Gasteiger partial charge in [0.2, 0.25) is 11.8 Å². The highest BCUT2D eigenvalue weighted by molar-refractivity contribution is 6.30. The number of carbonyl (C=O) groups is 4. The maximum atomic E-state index is 14.0. The van der Waals surface area contributed by atoms with Gasteiger partial charge in [-0.2, -0.15) is 0 Å². The van der Waals surface area contributed by atoms with Crippen molar-refractivity contribution in [1.82, 2.24) is 4.90 Å². The van der Waals surface area contributed by atoms with Crippen molar-refractivity contribution in [2.24, 2.45) is 11.8 Å². The van der Waals surface area contributed by atoms with E-state index in [-0.39, 0.29) is 22.9 Å². The predicted octanol–water partition coefficient (Wildman–Crippen LogP) is 4.93. The van der Waals surface area contributed by atoms with Gasteiger partial charge in [0.05, 0.1) is 28.5 Å². The fourth-order valence-electron chi connectivity index (χ4n) is 5.98. The van der Waals surface area contributed by atoms with Crippen molar-refractivity contribution in [3.8, 4) is 0 Å². The highest BCUT2D eigenvalue weighted by atomic mass is 35.5. The number of carbonyl (C=O) groups excluding carboxylic acids is 4. The summed E-state index contributed by atoms with van der Waals surface area (Å²) in [6.45, 7) is 1.58. The monoisotopic (exact) mass is 567 g/mol. The molecule has 3 aromatic rings. The lowest BCUT2D eigenvalue weighted by molar-refractivity contribution is -0.384. The second kappa shape index (κ2) is 9.94. The van der Waals surface area contributed by atoms with Crippen LogP contribution >= 0.6 is 11.6 Å². The van der Waals surface area contributed by atoms with Crippen molar-refractivity contribution in [2.45, 2.75) is 19.0 Å². The van der Waals surface area contributed by atoms with Gasteiger partial charge in [-0.3, -0.25) is 29.3 Å². The van der Waals surface area contributed by atoms with E-state index in [2.05, 4.69) is 0 Å². The molecule has 3 aromatic carbocycles. The number of nitrogens with zero attached hydrogens (tertiary/aromatic N) is 3. The Labute approximate surface area is 239 Å². The summed E-state index contributed by atoms with van der Waals surface area (Å²) in [6, 6.07) is 17.1. The van der Waals surface area contributed by atoms with E-state index >= 15 is 0 Å². The quantitative estimate of drug-likeness (QED) is 0.179. The molecule has 0 unspecified atom stereocenters. The van der Waals surface area contributed by atoms with Gasteiger partial charge >= 0.3 is 0 Å². The summed E-state index contributed by atoms with van der Waals surface area (Å²) in [6.07, 6.45) is 4.86. The Morgan fingerprint density at radius 1 is 0.902 bits per heavy atom. The third kappa shape index (κ3) is 4.25. The van der Waals surface area contributed by atoms with Crippen molar-refractivity contribution in [2.75, 3.05) is 4.90 Å². The molecule has 2 saturated heterocycles. The van der Waals surface area contributed by atoms with Crippen molar-refractivity contribution in [1.29, 1.82) is 0 Å². The Morgan fingerprint density at radius 2 is 1.59 bits per heavy atom. The highest BCUT2D eigenvalue weighted by Gasteiger charge is 2.63. The predicted molar refractivity (Wildman–Crippen MR) is 150 cm³/mol. The normalized spacial score (nSPS) is 22.8. The van der Waals surface area contributed by atoms with Crippen molar-refractivity contribution in [3.05, 3.63) is 129 Å². The summed E-state index contributed by atoms with van der Waals surface area (Å²) < 4.78 is 0. The van der Waals surface area contributed by atoms with Crippen LogP contribution in [0.4, 0.5) is 11.4 Å². The Balaban J connectivity index is 1.44. The number of halogens is 1. The summed E-state index contributed by atoms with van der Waals surface area (Å²) >= 11 is 6.03.